The molecule has 0 saturated heterocycles. The van der Waals surface area contributed by atoms with Gasteiger partial charge in [0.05, 0.1) is 0 Å². The Kier molecular flexibility index (Phi) is 5.27. The van der Waals surface area contributed by atoms with Crippen LogP contribution in [0.1, 0.15) is 0 Å². The highest BCUT2D eigenvalue weighted by Crippen LogP contribution is 2.50. The van der Waals surface area contributed by atoms with E-state index in [1.807, 2.05) is 6.07 Å². The molecule has 1 nitrogen and oxygen atoms in total. The maximum absolute atomic E-state index is 6.34. The minimum Gasteiger partial charge on any atom is -0.456 e. The highest BCUT2D eigenvalue weighted by Gasteiger charge is 2.23. The molecule has 0 unspecified atom stereocenters. The summed E-state index contributed by atoms with van der Waals surface area (Å²) in [5, 5.41) is 7.39. The van der Waals surface area contributed by atoms with Crippen LogP contribution in [0.4, 0.5) is 0 Å². The van der Waals surface area contributed by atoms with Gasteiger partial charge in [0.1, 0.15) is 11.5 Å². The third kappa shape index (κ3) is 3.72. The first-order valence-corrected chi connectivity index (χ1v) is 14.8. The van der Waals surface area contributed by atoms with E-state index in [0.717, 1.165) is 17.1 Å². The molecule has 0 bridgehead atoms. The van der Waals surface area contributed by atoms with Gasteiger partial charge in [-0.2, -0.15) is 0 Å². The van der Waals surface area contributed by atoms with Crippen molar-refractivity contribution in [2.24, 2.45) is 0 Å². The standard InChI is InChI=1S/C42H26O/c1-2-11-27(12-3-1)28-21-23-29(24-22-28)40-33-15-4-6-17-35(33)41(36-18-7-5-16-34(36)40)31-25-30-13-10-20-39-42(30)37(26-31)32-14-8-9-19-38(32)43-39/h1-26H. The van der Waals surface area contributed by atoms with Gasteiger partial charge in [0, 0.05) is 10.9 Å². The smallest absolute Gasteiger partial charge is 0.135 e. The van der Waals surface area contributed by atoms with E-state index in [-0.39, 0.29) is 0 Å². The lowest BCUT2D eigenvalue weighted by atomic mass is 9.84. The van der Waals surface area contributed by atoms with Crippen molar-refractivity contribution in [2.75, 3.05) is 0 Å². The third-order valence-corrected chi connectivity index (χ3v) is 8.84. The van der Waals surface area contributed by atoms with Gasteiger partial charge in [-0.1, -0.05) is 133 Å². The van der Waals surface area contributed by atoms with Crippen LogP contribution < -0.4 is 4.74 Å². The second-order valence-electron chi connectivity index (χ2n) is 11.3. The zero-order valence-corrected chi connectivity index (χ0v) is 23.4. The fourth-order valence-electron chi connectivity index (χ4n) is 6.94. The first-order valence-electron chi connectivity index (χ1n) is 14.8. The molecule has 0 N–H and O–H groups in total. The first-order chi connectivity index (χ1) is 21.3. The second-order valence-corrected chi connectivity index (χ2v) is 11.3. The molecule has 1 aliphatic heterocycles. The predicted molar refractivity (Wildman–Crippen MR) is 181 cm³/mol. The summed E-state index contributed by atoms with van der Waals surface area (Å²) in [6, 6.07) is 56.8. The Bertz CT molecular complexity index is 2290. The molecule has 200 valence electrons. The van der Waals surface area contributed by atoms with E-state index in [2.05, 4.69) is 152 Å². The molecular formula is C42H26O. The SMILES string of the molecule is c1ccc(-c2ccc(-c3c4ccccc4c(-c4cc5c6c(cccc6c4)Oc4ccccc4-5)c4ccccc34)cc2)cc1. The third-order valence-electron chi connectivity index (χ3n) is 8.84. The zero-order chi connectivity index (χ0) is 28.3. The van der Waals surface area contributed by atoms with E-state index >= 15 is 0 Å². The van der Waals surface area contributed by atoms with Crippen LogP contribution in [-0.4, -0.2) is 0 Å². The van der Waals surface area contributed by atoms with Crippen LogP contribution in [0.3, 0.4) is 0 Å². The largest absolute Gasteiger partial charge is 0.456 e. The van der Waals surface area contributed by atoms with Crippen molar-refractivity contribution in [3.63, 3.8) is 0 Å². The van der Waals surface area contributed by atoms with E-state index < -0.39 is 0 Å². The van der Waals surface area contributed by atoms with Gasteiger partial charge in [-0.3, -0.25) is 0 Å². The van der Waals surface area contributed by atoms with Gasteiger partial charge in [0.25, 0.3) is 0 Å². The predicted octanol–water partition coefficient (Wildman–Crippen LogP) is 11.9. The van der Waals surface area contributed by atoms with Crippen LogP contribution in [0, 0.1) is 0 Å². The summed E-state index contributed by atoms with van der Waals surface area (Å²) in [5.74, 6) is 1.82. The zero-order valence-electron chi connectivity index (χ0n) is 23.4. The average Bonchev–Trinajstić information content (AvgIpc) is 3.07. The van der Waals surface area contributed by atoms with E-state index in [1.165, 1.54) is 71.3 Å². The minimum atomic E-state index is 0.906. The summed E-state index contributed by atoms with van der Waals surface area (Å²) in [5.41, 5.74) is 9.80. The normalized spacial score (nSPS) is 11.9. The van der Waals surface area contributed by atoms with Crippen LogP contribution >= 0.6 is 0 Å². The van der Waals surface area contributed by atoms with Gasteiger partial charge in [-0.15, -0.1) is 0 Å². The molecule has 0 aliphatic carbocycles. The second kappa shape index (κ2) is 9.44. The maximum Gasteiger partial charge on any atom is 0.135 e. The molecule has 1 aliphatic rings. The minimum absolute atomic E-state index is 0.906. The van der Waals surface area contributed by atoms with Gasteiger partial charge in [-0.05, 0) is 90.1 Å². The molecule has 0 spiro atoms. The highest BCUT2D eigenvalue weighted by atomic mass is 16.5. The summed E-state index contributed by atoms with van der Waals surface area (Å²) < 4.78 is 6.34. The van der Waals surface area contributed by atoms with Crippen molar-refractivity contribution >= 4 is 32.3 Å². The number of hydrogen-bond donors (Lipinski definition) is 0. The molecular weight excluding hydrogens is 520 g/mol. The Morgan fingerprint density at radius 1 is 0.326 bits per heavy atom. The topological polar surface area (TPSA) is 9.23 Å². The van der Waals surface area contributed by atoms with Gasteiger partial charge in [0.2, 0.25) is 0 Å². The van der Waals surface area contributed by atoms with E-state index in [0.29, 0.717) is 0 Å². The lowest BCUT2D eigenvalue weighted by Gasteiger charge is -2.23. The maximum atomic E-state index is 6.34. The summed E-state index contributed by atoms with van der Waals surface area (Å²) >= 11 is 0. The molecule has 0 saturated carbocycles. The highest BCUT2D eigenvalue weighted by molar-refractivity contribution is 6.22. The monoisotopic (exact) mass is 546 g/mol. The molecule has 0 fully saturated rings. The van der Waals surface area contributed by atoms with E-state index in [9.17, 15) is 0 Å². The lowest BCUT2D eigenvalue weighted by Crippen LogP contribution is -1.98. The van der Waals surface area contributed by atoms with Crippen molar-refractivity contribution in [1.82, 2.24) is 0 Å². The molecule has 1 heteroatoms. The fraction of sp³-hybridized carbons (Fsp3) is 0. The van der Waals surface area contributed by atoms with Gasteiger partial charge >= 0.3 is 0 Å². The van der Waals surface area contributed by atoms with Gasteiger partial charge in [-0.25, -0.2) is 0 Å². The van der Waals surface area contributed by atoms with Crippen molar-refractivity contribution in [3.05, 3.63) is 158 Å². The van der Waals surface area contributed by atoms with Crippen molar-refractivity contribution in [2.45, 2.75) is 0 Å². The molecule has 0 aromatic heterocycles. The van der Waals surface area contributed by atoms with Crippen LogP contribution in [0.5, 0.6) is 11.5 Å². The summed E-state index contributed by atoms with van der Waals surface area (Å²) in [6.07, 6.45) is 0. The lowest BCUT2D eigenvalue weighted by molar-refractivity contribution is 0.487. The quantitative estimate of drug-likeness (QED) is 0.200. The van der Waals surface area contributed by atoms with Crippen molar-refractivity contribution in [3.8, 4) is 56.0 Å². The summed E-state index contributed by atoms with van der Waals surface area (Å²) in [4.78, 5) is 0. The number of ether oxygens (including phenoxy) is 1. The van der Waals surface area contributed by atoms with Crippen molar-refractivity contribution in [1.29, 1.82) is 0 Å². The summed E-state index contributed by atoms with van der Waals surface area (Å²) in [6.45, 7) is 0. The van der Waals surface area contributed by atoms with Crippen molar-refractivity contribution < 1.29 is 4.74 Å². The Hall–Kier alpha value is -5.66. The van der Waals surface area contributed by atoms with Crippen LogP contribution in [0.15, 0.2) is 158 Å². The molecule has 8 aromatic carbocycles. The van der Waals surface area contributed by atoms with Gasteiger partial charge in [0.15, 0.2) is 0 Å². The molecule has 0 radical (unpaired) electrons. The Morgan fingerprint density at radius 3 is 1.56 bits per heavy atom. The van der Waals surface area contributed by atoms with E-state index in [1.54, 1.807) is 0 Å². The average molecular weight is 547 g/mol. The first kappa shape index (κ1) is 24.0. The number of benzene rings is 8. The van der Waals surface area contributed by atoms with Crippen LogP contribution in [-0.2, 0) is 0 Å². The Morgan fingerprint density at radius 2 is 0.860 bits per heavy atom. The Balaban J connectivity index is 1.33. The molecule has 0 atom stereocenters. The molecule has 9 rings (SSSR count). The molecule has 1 heterocycles. The fourth-order valence-corrected chi connectivity index (χ4v) is 6.94. The summed E-state index contributed by atoms with van der Waals surface area (Å²) in [7, 11) is 0. The Labute approximate surface area is 250 Å². The molecule has 43 heavy (non-hydrogen) atoms. The van der Waals surface area contributed by atoms with Gasteiger partial charge < -0.3 is 4.74 Å². The van der Waals surface area contributed by atoms with E-state index in [4.69, 9.17) is 4.74 Å². The number of fused-ring (bicyclic) bond motifs is 4. The molecule has 0 amide bonds. The molecule has 8 aromatic rings. The van der Waals surface area contributed by atoms with Crippen LogP contribution in [0.2, 0.25) is 0 Å². The number of hydrogen-bond acceptors (Lipinski definition) is 1. The number of para-hydroxylation sites is 1. The van der Waals surface area contributed by atoms with Crippen LogP contribution in [0.25, 0.3) is 76.8 Å². The number of rotatable bonds is 3.